The molecule has 0 unspecified atom stereocenters. The van der Waals surface area contributed by atoms with Gasteiger partial charge in [-0.15, -0.1) is 12.6 Å². The van der Waals surface area contributed by atoms with Gasteiger partial charge in [-0.2, -0.15) is 18.3 Å². The van der Waals surface area contributed by atoms with Gasteiger partial charge < -0.3 is 0 Å². The lowest BCUT2D eigenvalue weighted by Crippen LogP contribution is -2.07. The van der Waals surface area contributed by atoms with Crippen LogP contribution < -0.4 is 0 Å². The summed E-state index contributed by atoms with van der Waals surface area (Å²) in [7, 11) is 0. The lowest BCUT2D eigenvalue weighted by molar-refractivity contribution is -0.137. The van der Waals surface area contributed by atoms with Crippen LogP contribution in [0.5, 0.6) is 0 Å². The number of hydrogen-bond acceptors (Lipinski definition) is 2. The third-order valence-electron chi connectivity index (χ3n) is 3.22. The first-order valence-electron chi connectivity index (χ1n) is 6.47. The van der Waals surface area contributed by atoms with Gasteiger partial charge in [-0.25, -0.2) is 4.68 Å². The number of aromatic nitrogens is 2. The lowest BCUT2D eigenvalue weighted by atomic mass is 10.1. The quantitative estimate of drug-likeness (QED) is 0.669. The molecule has 0 radical (unpaired) electrons. The molecule has 112 valence electrons. The van der Waals surface area contributed by atoms with E-state index in [1.54, 1.807) is 54.6 Å². The molecule has 0 atom stereocenters. The van der Waals surface area contributed by atoms with Gasteiger partial charge in [0.2, 0.25) is 0 Å². The van der Waals surface area contributed by atoms with Crippen LogP contribution in [-0.2, 0) is 6.18 Å². The number of halogens is 3. The highest BCUT2D eigenvalue weighted by Crippen LogP contribution is 2.38. The molecule has 0 aliphatic rings. The number of nitrogens with zero attached hydrogens (tertiary/aromatic N) is 2. The van der Waals surface area contributed by atoms with Crippen molar-refractivity contribution in [2.75, 3.05) is 0 Å². The van der Waals surface area contributed by atoms with Crippen molar-refractivity contribution in [3.8, 4) is 16.9 Å². The van der Waals surface area contributed by atoms with Gasteiger partial charge in [-0.05, 0) is 24.3 Å². The molecule has 2 nitrogen and oxygen atoms in total. The van der Waals surface area contributed by atoms with Gasteiger partial charge in [0.1, 0.15) is 5.56 Å². The summed E-state index contributed by atoms with van der Waals surface area (Å²) >= 11 is 4.18. The molecule has 0 saturated heterocycles. The molecule has 0 bridgehead atoms. The molecule has 0 aliphatic carbocycles. The Bertz CT molecular complexity index is 777. The summed E-state index contributed by atoms with van der Waals surface area (Å²) < 4.78 is 41.1. The Kier molecular flexibility index (Phi) is 3.70. The van der Waals surface area contributed by atoms with Crippen molar-refractivity contribution in [3.63, 3.8) is 0 Å². The van der Waals surface area contributed by atoms with Gasteiger partial charge >= 0.3 is 6.18 Å². The van der Waals surface area contributed by atoms with Crippen molar-refractivity contribution in [1.82, 2.24) is 9.78 Å². The van der Waals surface area contributed by atoms with E-state index in [4.69, 9.17) is 0 Å². The average molecular weight is 320 g/mol. The van der Waals surface area contributed by atoms with Gasteiger partial charge in [-0.1, -0.05) is 30.3 Å². The lowest BCUT2D eigenvalue weighted by Gasteiger charge is -2.12. The molecular weight excluding hydrogens is 309 g/mol. The van der Waals surface area contributed by atoms with E-state index in [0.29, 0.717) is 11.3 Å². The Labute approximate surface area is 130 Å². The Morgan fingerprint density at radius 2 is 1.55 bits per heavy atom. The second-order valence-electron chi connectivity index (χ2n) is 4.70. The van der Waals surface area contributed by atoms with Gasteiger partial charge in [0.05, 0.1) is 17.6 Å². The van der Waals surface area contributed by atoms with Crippen LogP contribution in [0, 0.1) is 0 Å². The molecular formula is C16H11F3N2S. The van der Waals surface area contributed by atoms with E-state index < -0.39 is 11.7 Å². The minimum absolute atomic E-state index is 0.0278. The zero-order valence-electron chi connectivity index (χ0n) is 11.2. The molecule has 3 rings (SSSR count). The van der Waals surface area contributed by atoms with E-state index in [1.165, 1.54) is 4.68 Å². The molecule has 22 heavy (non-hydrogen) atoms. The monoisotopic (exact) mass is 320 g/mol. The molecule has 1 aromatic heterocycles. The molecule has 0 N–H and O–H groups in total. The van der Waals surface area contributed by atoms with E-state index >= 15 is 0 Å². The number of alkyl halides is 3. The van der Waals surface area contributed by atoms with E-state index in [0.717, 1.165) is 11.1 Å². The molecule has 0 spiro atoms. The molecule has 0 amide bonds. The Morgan fingerprint density at radius 1 is 0.909 bits per heavy atom. The summed E-state index contributed by atoms with van der Waals surface area (Å²) in [5.74, 6) is 0. The van der Waals surface area contributed by atoms with Gasteiger partial charge in [-0.3, -0.25) is 0 Å². The van der Waals surface area contributed by atoms with Crippen molar-refractivity contribution in [1.29, 1.82) is 0 Å². The SMILES string of the molecule is FC(F)(F)c1cnn(-c2ccc(S)cc2)c1-c1ccccc1. The van der Waals surface area contributed by atoms with E-state index in [-0.39, 0.29) is 5.69 Å². The first-order valence-corrected chi connectivity index (χ1v) is 6.91. The van der Waals surface area contributed by atoms with E-state index in [9.17, 15) is 13.2 Å². The zero-order valence-corrected chi connectivity index (χ0v) is 12.1. The summed E-state index contributed by atoms with van der Waals surface area (Å²) in [5, 5.41) is 3.93. The predicted octanol–water partition coefficient (Wildman–Crippen LogP) is 4.85. The fourth-order valence-electron chi connectivity index (χ4n) is 2.22. The summed E-state index contributed by atoms with van der Waals surface area (Å²) in [4.78, 5) is 0.730. The molecule has 0 aliphatic heterocycles. The number of thiol groups is 1. The number of rotatable bonds is 2. The third-order valence-corrected chi connectivity index (χ3v) is 3.51. The molecule has 3 aromatic rings. The normalized spacial score (nSPS) is 11.6. The van der Waals surface area contributed by atoms with Gasteiger partial charge in [0.15, 0.2) is 0 Å². The fourth-order valence-corrected chi connectivity index (χ4v) is 2.37. The molecule has 0 fully saturated rings. The molecule has 0 saturated carbocycles. The van der Waals surface area contributed by atoms with Crippen LogP contribution in [0.1, 0.15) is 5.56 Å². The Balaban J connectivity index is 2.24. The van der Waals surface area contributed by atoms with Crippen LogP contribution in [0.15, 0.2) is 65.7 Å². The summed E-state index contributed by atoms with van der Waals surface area (Å²) in [6, 6.07) is 15.2. The smallest absolute Gasteiger partial charge is 0.232 e. The van der Waals surface area contributed by atoms with Crippen LogP contribution in [0.3, 0.4) is 0 Å². The number of benzene rings is 2. The number of hydrogen-bond donors (Lipinski definition) is 1. The highest BCUT2D eigenvalue weighted by Gasteiger charge is 2.36. The van der Waals surface area contributed by atoms with Crippen LogP contribution in [0.25, 0.3) is 16.9 Å². The minimum Gasteiger partial charge on any atom is -0.232 e. The van der Waals surface area contributed by atoms with Crippen molar-refractivity contribution >= 4 is 12.6 Å². The first kappa shape index (κ1) is 14.7. The maximum atomic E-state index is 13.3. The van der Waals surface area contributed by atoms with E-state index in [2.05, 4.69) is 17.7 Å². The van der Waals surface area contributed by atoms with Crippen molar-refractivity contribution in [2.45, 2.75) is 11.1 Å². The van der Waals surface area contributed by atoms with Crippen molar-refractivity contribution < 1.29 is 13.2 Å². The van der Waals surface area contributed by atoms with E-state index in [1.807, 2.05) is 0 Å². The molecule has 2 aromatic carbocycles. The maximum Gasteiger partial charge on any atom is 0.420 e. The van der Waals surface area contributed by atoms with Gasteiger partial charge in [0.25, 0.3) is 0 Å². The minimum atomic E-state index is -4.47. The second kappa shape index (κ2) is 5.53. The second-order valence-corrected chi connectivity index (χ2v) is 5.22. The molecule has 1 heterocycles. The zero-order chi connectivity index (χ0) is 15.7. The first-order chi connectivity index (χ1) is 10.5. The Morgan fingerprint density at radius 3 is 2.14 bits per heavy atom. The van der Waals surface area contributed by atoms with Gasteiger partial charge in [0, 0.05) is 10.5 Å². The van der Waals surface area contributed by atoms with Crippen LogP contribution in [-0.4, -0.2) is 9.78 Å². The highest BCUT2D eigenvalue weighted by atomic mass is 32.1. The summed E-state index contributed by atoms with van der Waals surface area (Å²) in [6.45, 7) is 0. The third kappa shape index (κ3) is 2.74. The Hall–Kier alpha value is -2.21. The fraction of sp³-hybridized carbons (Fsp3) is 0.0625. The maximum absolute atomic E-state index is 13.3. The summed E-state index contributed by atoms with van der Waals surface area (Å²) in [6.07, 6.45) is -3.61. The predicted molar refractivity (Wildman–Crippen MR) is 81.3 cm³/mol. The topological polar surface area (TPSA) is 17.8 Å². The van der Waals surface area contributed by atoms with Crippen molar-refractivity contribution in [2.24, 2.45) is 0 Å². The van der Waals surface area contributed by atoms with Crippen LogP contribution >= 0.6 is 12.6 Å². The summed E-state index contributed by atoms with van der Waals surface area (Å²) in [5.41, 5.74) is 0.281. The largest absolute Gasteiger partial charge is 0.420 e. The standard InChI is InChI=1S/C16H11F3N2S/c17-16(18,19)14-10-20-21(12-6-8-13(22)9-7-12)15(14)11-4-2-1-3-5-11/h1-10,22H. The highest BCUT2D eigenvalue weighted by molar-refractivity contribution is 7.80. The molecule has 6 heteroatoms. The van der Waals surface area contributed by atoms with Crippen molar-refractivity contribution in [3.05, 3.63) is 66.4 Å². The van der Waals surface area contributed by atoms with Crippen LogP contribution in [0.4, 0.5) is 13.2 Å². The average Bonchev–Trinajstić information content (AvgIpc) is 2.94. The van der Waals surface area contributed by atoms with Crippen LogP contribution in [0.2, 0.25) is 0 Å².